The van der Waals surface area contributed by atoms with E-state index in [1.54, 1.807) is 23.1 Å². The summed E-state index contributed by atoms with van der Waals surface area (Å²) < 4.78 is 13.8. The molecule has 1 aromatic carbocycles. The van der Waals surface area contributed by atoms with Gasteiger partial charge in [0, 0.05) is 38.4 Å². The van der Waals surface area contributed by atoms with Gasteiger partial charge in [0.05, 0.1) is 11.4 Å². The van der Waals surface area contributed by atoms with Gasteiger partial charge in [0.25, 0.3) is 5.56 Å². The van der Waals surface area contributed by atoms with Gasteiger partial charge < -0.3 is 14.8 Å². The van der Waals surface area contributed by atoms with Gasteiger partial charge in [-0.25, -0.2) is 9.37 Å². The molecule has 1 amide bonds. The Morgan fingerprint density at radius 2 is 1.96 bits per heavy atom. The molecule has 1 aliphatic rings. The third-order valence-corrected chi connectivity index (χ3v) is 4.68. The van der Waals surface area contributed by atoms with Gasteiger partial charge in [0.2, 0.25) is 5.91 Å². The minimum absolute atomic E-state index is 0.0142. The third-order valence-electron chi connectivity index (χ3n) is 3.81. The predicted octanol–water partition coefficient (Wildman–Crippen LogP) is 1.35. The molecule has 1 aromatic heterocycles. The lowest BCUT2D eigenvalue weighted by atomic mass is 10.2. The number of para-hydroxylation sites is 1. The molecular formula is C16H17FN4O2S. The number of carbonyl (C=O) groups is 1. The smallest absolute Gasteiger partial charge is 0.251 e. The fourth-order valence-corrected chi connectivity index (χ4v) is 3.30. The normalized spacial score (nSPS) is 14.7. The number of piperazine rings is 1. The first-order valence-corrected chi connectivity index (χ1v) is 8.57. The lowest BCUT2D eigenvalue weighted by Gasteiger charge is -2.36. The third kappa shape index (κ3) is 3.94. The van der Waals surface area contributed by atoms with Crippen LogP contribution in [0.3, 0.4) is 0 Å². The molecule has 2 heterocycles. The number of amides is 1. The largest absolute Gasteiger partial charge is 0.366 e. The van der Waals surface area contributed by atoms with Crippen molar-refractivity contribution in [2.45, 2.75) is 5.16 Å². The van der Waals surface area contributed by atoms with E-state index in [1.165, 1.54) is 30.1 Å². The van der Waals surface area contributed by atoms with Crippen LogP contribution in [-0.4, -0.2) is 52.7 Å². The number of thioether (sulfide) groups is 1. The van der Waals surface area contributed by atoms with Crippen molar-refractivity contribution in [3.05, 3.63) is 52.7 Å². The Bertz CT molecular complexity index is 774. The van der Waals surface area contributed by atoms with Crippen molar-refractivity contribution < 1.29 is 9.18 Å². The molecule has 0 saturated carbocycles. The molecule has 1 N–H and O–H groups in total. The van der Waals surface area contributed by atoms with E-state index in [1.807, 2.05) is 4.90 Å². The molecule has 24 heavy (non-hydrogen) atoms. The molecule has 2 aromatic rings. The minimum Gasteiger partial charge on any atom is -0.366 e. The van der Waals surface area contributed by atoms with Crippen LogP contribution in [0.5, 0.6) is 0 Å². The molecule has 1 saturated heterocycles. The number of H-pyrrole nitrogens is 1. The molecule has 0 aliphatic carbocycles. The maximum absolute atomic E-state index is 13.8. The van der Waals surface area contributed by atoms with E-state index in [9.17, 15) is 14.0 Å². The van der Waals surface area contributed by atoms with Crippen molar-refractivity contribution in [3.63, 3.8) is 0 Å². The van der Waals surface area contributed by atoms with E-state index in [0.29, 0.717) is 37.0 Å². The topological polar surface area (TPSA) is 69.3 Å². The number of carbonyl (C=O) groups excluding carboxylic acids is 1. The molecule has 0 spiro atoms. The van der Waals surface area contributed by atoms with Crippen molar-refractivity contribution in [2.75, 3.05) is 36.8 Å². The van der Waals surface area contributed by atoms with Crippen LogP contribution < -0.4 is 10.5 Å². The van der Waals surface area contributed by atoms with Gasteiger partial charge in [-0.2, -0.15) is 0 Å². The van der Waals surface area contributed by atoms with Crippen molar-refractivity contribution in [1.29, 1.82) is 0 Å². The zero-order valence-electron chi connectivity index (χ0n) is 12.9. The number of nitrogens with zero attached hydrogens (tertiary/aromatic N) is 3. The molecule has 0 atom stereocenters. The van der Waals surface area contributed by atoms with Crippen molar-refractivity contribution in [3.8, 4) is 0 Å². The summed E-state index contributed by atoms with van der Waals surface area (Å²) in [4.78, 5) is 33.7. The first kappa shape index (κ1) is 16.5. The van der Waals surface area contributed by atoms with Crippen LogP contribution in [0.15, 0.2) is 46.5 Å². The first-order chi connectivity index (χ1) is 11.6. The SMILES string of the molecule is O=C(CSc1nccc(=O)[nH]1)N1CCN(c2ccccc2F)CC1. The highest BCUT2D eigenvalue weighted by atomic mass is 32.2. The molecule has 1 fully saturated rings. The Labute approximate surface area is 142 Å². The number of nitrogens with one attached hydrogen (secondary N) is 1. The average Bonchev–Trinajstić information content (AvgIpc) is 2.60. The Morgan fingerprint density at radius 1 is 1.21 bits per heavy atom. The number of rotatable bonds is 4. The maximum Gasteiger partial charge on any atom is 0.251 e. The lowest BCUT2D eigenvalue weighted by molar-refractivity contribution is -0.128. The highest BCUT2D eigenvalue weighted by Gasteiger charge is 2.22. The van der Waals surface area contributed by atoms with Crippen molar-refractivity contribution >= 4 is 23.4 Å². The second-order valence-electron chi connectivity index (χ2n) is 5.35. The van der Waals surface area contributed by atoms with Gasteiger partial charge in [0.1, 0.15) is 5.82 Å². The fraction of sp³-hybridized carbons (Fsp3) is 0.312. The quantitative estimate of drug-likeness (QED) is 0.667. The van der Waals surface area contributed by atoms with Crippen molar-refractivity contribution in [1.82, 2.24) is 14.9 Å². The zero-order valence-corrected chi connectivity index (χ0v) is 13.8. The average molecular weight is 348 g/mol. The number of benzene rings is 1. The maximum atomic E-state index is 13.8. The number of hydrogen-bond donors (Lipinski definition) is 1. The van der Waals surface area contributed by atoms with E-state index >= 15 is 0 Å². The number of halogens is 1. The summed E-state index contributed by atoms with van der Waals surface area (Å²) in [6.45, 7) is 2.29. The molecule has 0 unspecified atom stereocenters. The van der Waals surface area contributed by atoms with Gasteiger partial charge in [-0.15, -0.1) is 0 Å². The summed E-state index contributed by atoms with van der Waals surface area (Å²) in [6.07, 6.45) is 1.42. The Kier molecular flexibility index (Phi) is 5.14. The molecule has 1 aliphatic heterocycles. The Balaban J connectivity index is 1.52. The number of hydrogen-bond acceptors (Lipinski definition) is 5. The predicted molar refractivity (Wildman–Crippen MR) is 90.8 cm³/mol. The summed E-state index contributed by atoms with van der Waals surface area (Å²) in [7, 11) is 0. The fourth-order valence-electron chi connectivity index (χ4n) is 2.55. The molecule has 3 rings (SSSR count). The summed E-state index contributed by atoms with van der Waals surface area (Å²) in [6, 6.07) is 7.99. The van der Waals surface area contributed by atoms with Crippen LogP contribution in [0.25, 0.3) is 0 Å². The molecule has 6 nitrogen and oxygen atoms in total. The highest BCUT2D eigenvalue weighted by Crippen LogP contribution is 2.20. The molecule has 126 valence electrons. The molecule has 0 radical (unpaired) electrons. The van der Waals surface area contributed by atoms with Gasteiger partial charge in [-0.05, 0) is 12.1 Å². The number of aromatic nitrogens is 2. The van der Waals surface area contributed by atoms with Crippen LogP contribution in [0.4, 0.5) is 10.1 Å². The zero-order chi connectivity index (χ0) is 16.9. The second-order valence-corrected chi connectivity index (χ2v) is 6.31. The number of aromatic amines is 1. The van der Waals surface area contributed by atoms with E-state index in [-0.39, 0.29) is 23.0 Å². The highest BCUT2D eigenvalue weighted by molar-refractivity contribution is 7.99. The van der Waals surface area contributed by atoms with Crippen molar-refractivity contribution in [2.24, 2.45) is 0 Å². The summed E-state index contributed by atoms with van der Waals surface area (Å²) in [5.74, 6) is -0.0428. The van der Waals surface area contributed by atoms with E-state index in [0.717, 1.165) is 0 Å². The van der Waals surface area contributed by atoms with Gasteiger partial charge in [-0.3, -0.25) is 9.59 Å². The monoisotopic (exact) mass is 348 g/mol. The lowest BCUT2D eigenvalue weighted by Crippen LogP contribution is -2.49. The Morgan fingerprint density at radius 3 is 2.67 bits per heavy atom. The second kappa shape index (κ2) is 7.48. The van der Waals surface area contributed by atoms with Gasteiger partial charge in [0.15, 0.2) is 5.16 Å². The summed E-state index contributed by atoms with van der Waals surface area (Å²) in [5.41, 5.74) is 0.337. The molecule has 8 heteroatoms. The van der Waals surface area contributed by atoms with E-state index in [2.05, 4.69) is 9.97 Å². The minimum atomic E-state index is -0.244. The first-order valence-electron chi connectivity index (χ1n) is 7.59. The van der Waals surface area contributed by atoms with Gasteiger partial charge >= 0.3 is 0 Å². The summed E-state index contributed by atoms with van der Waals surface area (Å²) >= 11 is 1.20. The Hall–Kier alpha value is -2.35. The van der Waals surface area contributed by atoms with Crippen LogP contribution in [0.1, 0.15) is 0 Å². The van der Waals surface area contributed by atoms with Crippen LogP contribution >= 0.6 is 11.8 Å². The number of anilines is 1. The van der Waals surface area contributed by atoms with E-state index < -0.39 is 0 Å². The van der Waals surface area contributed by atoms with Gasteiger partial charge in [-0.1, -0.05) is 23.9 Å². The van der Waals surface area contributed by atoms with Crippen LogP contribution in [0, 0.1) is 5.82 Å². The van der Waals surface area contributed by atoms with E-state index in [4.69, 9.17) is 0 Å². The molecule has 0 bridgehead atoms. The van der Waals surface area contributed by atoms with Crippen LogP contribution in [-0.2, 0) is 4.79 Å². The molecular weight excluding hydrogens is 331 g/mol. The van der Waals surface area contributed by atoms with Crippen LogP contribution in [0.2, 0.25) is 0 Å². The standard InChI is InChI=1S/C16H17FN4O2S/c17-12-3-1-2-4-13(12)20-7-9-21(10-8-20)15(23)11-24-16-18-6-5-14(22)19-16/h1-6H,7-11H2,(H,18,19,22). The summed E-state index contributed by atoms with van der Waals surface area (Å²) in [5, 5.41) is 0.431.